The lowest BCUT2D eigenvalue weighted by molar-refractivity contribution is -0.579. The Labute approximate surface area is 111 Å². The summed E-state index contributed by atoms with van der Waals surface area (Å²) in [4.78, 5) is 13.7. The van der Waals surface area contributed by atoms with Crippen molar-refractivity contribution in [2.24, 2.45) is 0 Å². The smallest absolute Gasteiger partial charge is 0.498 e. The Hall–Kier alpha value is -1.51. The highest BCUT2D eigenvalue weighted by Crippen LogP contribution is 2.02. The van der Waals surface area contributed by atoms with Gasteiger partial charge in [-0.15, -0.1) is 0 Å². The van der Waals surface area contributed by atoms with Gasteiger partial charge in [0, 0.05) is 5.56 Å². The van der Waals surface area contributed by atoms with Crippen LogP contribution in [0.5, 0.6) is 0 Å². The molecule has 0 radical (unpaired) electrons. The largest absolute Gasteiger partial charge is 0.748 e. The lowest BCUT2D eigenvalue weighted by atomic mass is 10.3. The molecule has 1 amide bonds. The molecule has 2 rings (SSSR count). The van der Waals surface area contributed by atoms with Gasteiger partial charge < -0.3 is 9.29 Å². The zero-order chi connectivity index (χ0) is 13.9. The first kappa shape index (κ1) is 13.9. The van der Waals surface area contributed by atoms with Crippen molar-refractivity contribution in [3.8, 4) is 0 Å². The Morgan fingerprint density at radius 2 is 2.11 bits per heavy atom. The number of hydrogen-bond donors (Lipinski definition) is 0. The summed E-state index contributed by atoms with van der Waals surface area (Å²) < 4.78 is 38.6. The summed E-state index contributed by atoms with van der Waals surface area (Å²) >= 11 is 0. The molecular weight excluding hydrogens is 272 g/mol. The highest BCUT2D eigenvalue weighted by atomic mass is 32.2. The average molecular weight is 286 g/mol. The number of ether oxygens (including phenoxy) is 1. The third kappa shape index (κ3) is 3.98. The van der Waals surface area contributed by atoms with Gasteiger partial charge in [0.15, 0.2) is 0 Å². The summed E-state index contributed by atoms with van der Waals surface area (Å²) in [6.45, 7) is 1.97. The van der Waals surface area contributed by atoms with E-state index in [1.54, 1.807) is 11.0 Å². The lowest BCUT2D eigenvalue weighted by Crippen LogP contribution is -2.55. The van der Waals surface area contributed by atoms with Crippen LogP contribution in [0.4, 0.5) is 4.79 Å². The molecule has 1 fully saturated rings. The maximum Gasteiger partial charge on any atom is 0.498 e. The Balaban J connectivity index is 2.15. The van der Waals surface area contributed by atoms with Crippen molar-refractivity contribution in [1.82, 2.24) is 4.90 Å². The van der Waals surface area contributed by atoms with E-state index < -0.39 is 15.9 Å². The first-order valence-electron chi connectivity index (χ1n) is 5.76. The van der Waals surface area contributed by atoms with Crippen molar-refractivity contribution in [3.05, 3.63) is 30.1 Å². The summed E-state index contributed by atoms with van der Waals surface area (Å²) in [5.74, 6) is -0.621. The minimum absolute atomic E-state index is 0.256. The molecule has 1 aromatic heterocycles. The van der Waals surface area contributed by atoms with Gasteiger partial charge in [-0.3, -0.25) is 0 Å². The molecule has 1 aliphatic rings. The molecule has 2 heterocycles. The van der Waals surface area contributed by atoms with Gasteiger partial charge in [0.05, 0.1) is 35.3 Å². The second-order valence-electron chi connectivity index (χ2n) is 4.20. The minimum Gasteiger partial charge on any atom is -0.748 e. The molecule has 0 spiro atoms. The number of aromatic nitrogens is 1. The van der Waals surface area contributed by atoms with Crippen LogP contribution in [0.2, 0.25) is 0 Å². The summed E-state index contributed by atoms with van der Waals surface area (Å²) in [7, 11) is -4.35. The average Bonchev–Trinajstić information content (AvgIpc) is 2.37. The fraction of sp³-hybridized carbons (Fsp3) is 0.455. The molecule has 0 N–H and O–H groups in total. The SMILES string of the molecule is O=C(N1CCOCC1)[n+]1cccc(CS(=O)(=O)[O-])c1. The molecule has 0 saturated carbocycles. The quantitative estimate of drug-likeness (QED) is 0.530. The number of nitrogens with zero attached hydrogens (tertiary/aromatic N) is 2. The molecule has 1 aromatic rings. The highest BCUT2D eigenvalue weighted by molar-refractivity contribution is 7.84. The van der Waals surface area contributed by atoms with E-state index in [9.17, 15) is 17.8 Å². The maximum absolute atomic E-state index is 12.1. The van der Waals surface area contributed by atoms with Gasteiger partial charge in [0.1, 0.15) is 19.3 Å². The van der Waals surface area contributed by atoms with Crippen LogP contribution in [0.15, 0.2) is 24.5 Å². The van der Waals surface area contributed by atoms with Crippen LogP contribution in [0.1, 0.15) is 5.56 Å². The van der Waals surface area contributed by atoms with E-state index in [4.69, 9.17) is 4.74 Å². The van der Waals surface area contributed by atoms with Gasteiger partial charge in [0.25, 0.3) is 0 Å². The standard InChI is InChI=1S/C11H14N2O5S/c14-11(12-4-6-18-7-5-12)13-3-1-2-10(8-13)9-19(15,16)17/h1-3,8H,4-7,9H2. The topological polar surface area (TPSA) is 90.6 Å². The van der Waals surface area contributed by atoms with E-state index >= 15 is 0 Å². The lowest BCUT2D eigenvalue weighted by Gasteiger charge is -2.20. The molecule has 1 saturated heterocycles. The first-order valence-corrected chi connectivity index (χ1v) is 7.34. The second-order valence-corrected chi connectivity index (χ2v) is 5.61. The summed E-state index contributed by atoms with van der Waals surface area (Å²) in [6, 6.07) is 2.78. The Kier molecular flexibility index (Phi) is 4.13. The van der Waals surface area contributed by atoms with Gasteiger partial charge in [-0.25, -0.2) is 13.3 Å². The van der Waals surface area contributed by atoms with Crippen LogP contribution in [-0.2, 0) is 20.6 Å². The maximum atomic E-state index is 12.1. The van der Waals surface area contributed by atoms with Crippen LogP contribution >= 0.6 is 0 Å². The Morgan fingerprint density at radius 1 is 1.42 bits per heavy atom. The Bertz CT molecular complexity index is 566. The molecule has 0 aliphatic carbocycles. The van der Waals surface area contributed by atoms with Crippen molar-refractivity contribution in [2.75, 3.05) is 26.3 Å². The van der Waals surface area contributed by atoms with Crippen LogP contribution in [0.3, 0.4) is 0 Å². The second kappa shape index (κ2) is 5.64. The van der Waals surface area contributed by atoms with Gasteiger partial charge in [0.2, 0.25) is 0 Å². The third-order valence-electron chi connectivity index (χ3n) is 2.71. The van der Waals surface area contributed by atoms with Crippen molar-refractivity contribution >= 4 is 16.1 Å². The Morgan fingerprint density at radius 3 is 2.74 bits per heavy atom. The predicted octanol–water partition coefficient (Wildman–Crippen LogP) is -0.680. The number of hydrogen-bond acceptors (Lipinski definition) is 5. The molecule has 0 aromatic carbocycles. The van der Waals surface area contributed by atoms with Gasteiger partial charge in [-0.05, 0) is 6.07 Å². The predicted molar refractivity (Wildman–Crippen MR) is 63.2 cm³/mol. The van der Waals surface area contributed by atoms with Crippen LogP contribution in [0.25, 0.3) is 0 Å². The number of rotatable bonds is 2. The van der Waals surface area contributed by atoms with E-state index in [2.05, 4.69) is 0 Å². The van der Waals surface area contributed by atoms with Gasteiger partial charge in [-0.2, -0.15) is 9.36 Å². The normalized spacial score (nSPS) is 16.4. The molecule has 1 aliphatic heterocycles. The third-order valence-corrected chi connectivity index (χ3v) is 3.39. The fourth-order valence-corrected chi connectivity index (χ4v) is 2.43. The molecule has 104 valence electrons. The summed E-state index contributed by atoms with van der Waals surface area (Å²) in [5.41, 5.74) is 0.291. The summed E-state index contributed by atoms with van der Waals surface area (Å²) in [5, 5.41) is 0. The molecule has 0 unspecified atom stereocenters. The molecule has 8 heteroatoms. The van der Waals surface area contributed by atoms with Crippen molar-refractivity contribution in [2.45, 2.75) is 5.75 Å². The van der Waals surface area contributed by atoms with E-state index in [1.165, 1.54) is 23.0 Å². The zero-order valence-corrected chi connectivity index (χ0v) is 11.0. The molecular formula is C11H14N2O5S. The van der Waals surface area contributed by atoms with Gasteiger partial charge >= 0.3 is 6.03 Å². The minimum atomic E-state index is -4.35. The van der Waals surface area contributed by atoms with E-state index in [0.717, 1.165) is 0 Å². The van der Waals surface area contributed by atoms with Crippen LogP contribution < -0.4 is 4.57 Å². The van der Waals surface area contributed by atoms with Gasteiger partial charge in [-0.1, -0.05) is 6.07 Å². The molecule has 0 atom stereocenters. The monoisotopic (exact) mass is 286 g/mol. The zero-order valence-electron chi connectivity index (χ0n) is 10.2. The summed E-state index contributed by atoms with van der Waals surface area (Å²) in [6.07, 6.45) is 2.89. The highest BCUT2D eigenvalue weighted by Gasteiger charge is 2.26. The number of morpholine rings is 1. The number of pyridine rings is 1. The number of carbonyl (C=O) groups excluding carboxylic acids is 1. The molecule has 0 bridgehead atoms. The van der Waals surface area contributed by atoms with E-state index in [0.29, 0.717) is 31.9 Å². The van der Waals surface area contributed by atoms with Crippen LogP contribution in [0, 0.1) is 0 Å². The molecule has 7 nitrogen and oxygen atoms in total. The number of carbonyl (C=O) groups is 1. The van der Waals surface area contributed by atoms with E-state index in [-0.39, 0.29) is 6.03 Å². The first-order chi connectivity index (χ1) is 8.96. The van der Waals surface area contributed by atoms with Crippen LogP contribution in [-0.4, -0.2) is 50.2 Å². The van der Waals surface area contributed by atoms with E-state index in [1.807, 2.05) is 0 Å². The van der Waals surface area contributed by atoms with Crippen molar-refractivity contribution in [1.29, 1.82) is 0 Å². The van der Waals surface area contributed by atoms with Crippen molar-refractivity contribution < 1.29 is 27.1 Å². The number of amides is 1. The van der Waals surface area contributed by atoms with Crippen molar-refractivity contribution in [3.63, 3.8) is 0 Å². The fourth-order valence-electron chi connectivity index (χ4n) is 1.85. The molecule has 19 heavy (non-hydrogen) atoms.